The van der Waals surface area contributed by atoms with Crippen molar-refractivity contribution in [3.63, 3.8) is 0 Å². The van der Waals surface area contributed by atoms with Crippen LogP contribution in [0.25, 0.3) is 11.3 Å². The number of hydrogen-bond acceptors (Lipinski definition) is 3. The van der Waals surface area contributed by atoms with E-state index >= 15 is 0 Å². The van der Waals surface area contributed by atoms with Crippen LogP contribution in [0, 0.1) is 6.92 Å². The third-order valence-corrected chi connectivity index (χ3v) is 3.21. The Kier molecular flexibility index (Phi) is 3.35. The number of nitrogens with zero attached hydrogens (tertiary/aromatic N) is 3. The van der Waals surface area contributed by atoms with Gasteiger partial charge >= 0.3 is 0 Å². The van der Waals surface area contributed by atoms with E-state index in [1.54, 1.807) is 0 Å². The summed E-state index contributed by atoms with van der Waals surface area (Å²) in [5, 5.41) is 8.29. The molecule has 0 spiro atoms. The topological polar surface area (TPSA) is 38.7 Å². The number of hydrogen-bond donors (Lipinski definition) is 0. The smallest absolute Gasteiger partial charge is 0.159 e. The van der Waals surface area contributed by atoms with Gasteiger partial charge in [-0.2, -0.15) is 0 Å². The molecular formula is C14H16ClN3. The number of benzene rings is 1. The second-order valence-corrected chi connectivity index (χ2v) is 5.74. The maximum atomic E-state index is 6.08. The summed E-state index contributed by atoms with van der Waals surface area (Å²) in [6, 6.07) is 6.34. The molecule has 18 heavy (non-hydrogen) atoms. The van der Waals surface area contributed by atoms with E-state index < -0.39 is 0 Å². The summed E-state index contributed by atoms with van der Waals surface area (Å²) in [4.78, 5) is 3.98. The van der Waals surface area contributed by atoms with E-state index in [1.807, 2.05) is 6.92 Å². The molecule has 2 aromatic rings. The molecule has 1 heterocycles. The summed E-state index contributed by atoms with van der Waals surface area (Å²) >= 11 is 6.08. The first-order valence-corrected chi connectivity index (χ1v) is 6.22. The Morgan fingerprint density at radius 3 is 2.50 bits per heavy atom. The van der Waals surface area contributed by atoms with Crippen LogP contribution in [0.15, 0.2) is 24.5 Å². The van der Waals surface area contributed by atoms with E-state index in [-0.39, 0.29) is 5.41 Å². The second-order valence-electron chi connectivity index (χ2n) is 5.38. The Labute approximate surface area is 112 Å². The molecule has 0 unspecified atom stereocenters. The number of aryl methyl sites for hydroxylation is 1. The lowest BCUT2D eigenvalue weighted by molar-refractivity contribution is 0.590. The van der Waals surface area contributed by atoms with Gasteiger partial charge in [-0.1, -0.05) is 44.5 Å². The van der Waals surface area contributed by atoms with Crippen molar-refractivity contribution in [3.05, 3.63) is 40.8 Å². The zero-order valence-corrected chi connectivity index (χ0v) is 11.8. The van der Waals surface area contributed by atoms with Gasteiger partial charge < -0.3 is 0 Å². The Balaban J connectivity index is 2.61. The monoisotopic (exact) mass is 261 g/mol. The van der Waals surface area contributed by atoms with Crippen molar-refractivity contribution in [2.24, 2.45) is 0 Å². The fourth-order valence-corrected chi connectivity index (χ4v) is 1.95. The predicted octanol–water partition coefficient (Wildman–Crippen LogP) is 3.80. The van der Waals surface area contributed by atoms with Gasteiger partial charge in [0.1, 0.15) is 12.0 Å². The van der Waals surface area contributed by atoms with Crippen molar-refractivity contribution >= 4 is 11.6 Å². The van der Waals surface area contributed by atoms with Crippen molar-refractivity contribution in [1.29, 1.82) is 0 Å². The van der Waals surface area contributed by atoms with E-state index in [0.717, 1.165) is 11.1 Å². The van der Waals surface area contributed by atoms with Gasteiger partial charge in [0.15, 0.2) is 5.15 Å². The van der Waals surface area contributed by atoms with Gasteiger partial charge in [-0.15, -0.1) is 10.2 Å². The van der Waals surface area contributed by atoms with E-state index in [4.69, 9.17) is 11.6 Å². The van der Waals surface area contributed by atoms with E-state index in [9.17, 15) is 0 Å². The van der Waals surface area contributed by atoms with Crippen LogP contribution in [0.3, 0.4) is 0 Å². The van der Waals surface area contributed by atoms with Crippen LogP contribution in [-0.4, -0.2) is 15.2 Å². The number of aromatic nitrogens is 3. The summed E-state index contributed by atoms with van der Waals surface area (Å²) in [7, 11) is 0. The number of rotatable bonds is 1. The average Bonchev–Trinajstić information content (AvgIpc) is 2.29. The maximum absolute atomic E-state index is 6.08. The minimum atomic E-state index is 0.0879. The summed E-state index contributed by atoms with van der Waals surface area (Å²) in [6.45, 7) is 8.57. The van der Waals surface area contributed by atoms with Crippen LogP contribution in [0.1, 0.15) is 31.9 Å². The van der Waals surface area contributed by atoms with E-state index in [1.165, 1.54) is 11.9 Å². The normalized spacial score (nSPS) is 11.6. The zero-order valence-electron chi connectivity index (χ0n) is 11.0. The Bertz CT molecular complexity index is 573. The van der Waals surface area contributed by atoms with Crippen molar-refractivity contribution in [3.8, 4) is 11.3 Å². The molecule has 0 aliphatic heterocycles. The molecule has 3 nitrogen and oxygen atoms in total. The van der Waals surface area contributed by atoms with Crippen LogP contribution in [0.5, 0.6) is 0 Å². The third-order valence-electron chi connectivity index (χ3n) is 2.93. The molecule has 0 bridgehead atoms. The minimum absolute atomic E-state index is 0.0879. The van der Waals surface area contributed by atoms with Gasteiger partial charge in [0.05, 0.1) is 0 Å². The van der Waals surface area contributed by atoms with Crippen LogP contribution in [-0.2, 0) is 5.41 Å². The Morgan fingerprint density at radius 1 is 1.17 bits per heavy atom. The van der Waals surface area contributed by atoms with Gasteiger partial charge in [0.25, 0.3) is 0 Å². The lowest BCUT2D eigenvalue weighted by atomic mass is 9.85. The fraction of sp³-hybridized carbons (Fsp3) is 0.357. The Hall–Kier alpha value is -1.48. The molecule has 4 heteroatoms. The maximum Gasteiger partial charge on any atom is 0.159 e. The fourth-order valence-electron chi connectivity index (χ4n) is 1.77. The van der Waals surface area contributed by atoms with Crippen molar-refractivity contribution in [2.75, 3.05) is 0 Å². The van der Waals surface area contributed by atoms with E-state index in [2.05, 4.69) is 54.2 Å². The second kappa shape index (κ2) is 4.65. The summed E-state index contributed by atoms with van der Waals surface area (Å²) in [5.41, 5.74) is 4.08. The van der Waals surface area contributed by atoms with Crippen LogP contribution in [0.4, 0.5) is 0 Å². The Morgan fingerprint density at radius 2 is 1.89 bits per heavy atom. The van der Waals surface area contributed by atoms with Crippen LogP contribution < -0.4 is 0 Å². The highest BCUT2D eigenvalue weighted by Gasteiger charge is 2.17. The summed E-state index contributed by atoms with van der Waals surface area (Å²) in [6.07, 6.45) is 1.36. The minimum Gasteiger partial charge on any atom is -0.220 e. The molecule has 0 saturated carbocycles. The molecule has 1 aromatic carbocycles. The zero-order chi connectivity index (χ0) is 13.3. The van der Waals surface area contributed by atoms with Gasteiger partial charge in [0.2, 0.25) is 0 Å². The third kappa shape index (κ3) is 2.51. The molecule has 0 saturated heterocycles. The molecule has 2 rings (SSSR count). The molecule has 0 aliphatic rings. The van der Waals surface area contributed by atoms with Crippen LogP contribution >= 0.6 is 11.6 Å². The molecule has 0 radical (unpaired) electrons. The average molecular weight is 262 g/mol. The molecule has 0 aliphatic carbocycles. The molecule has 1 aromatic heterocycles. The van der Waals surface area contributed by atoms with Gasteiger partial charge in [0, 0.05) is 5.56 Å². The van der Waals surface area contributed by atoms with Crippen molar-refractivity contribution < 1.29 is 0 Å². The van der Waals surface area contributed by atoms with Crippen LogP contribution in [0.2, 0.25) is 5.15 Å². The molecular weight excluding hydrogens is 246 g/mol. The highest BCUT2D eigenvalue weighted by atomic mass is 35.5. The molecule has 0 fully saturated rings. The standard InChI is InChI=1S/C14H16ClN3/c1-9-5-6-10(14(2,3)4)7-11(9)12-13(15)16-8-17-18-12/h5-8H,1-4H3. The molecule has 94 valence electrons. The number of halogens is 1. The lowest BCUT2D eigenvalue weighted by Crippen LogP contribution is -2.11. The first kappa shape index (κ1) is 13.0. The first-order chi connectivity index (χ1) is 8.39. The largest absolute Gasteiger partial charge is 0.220 e. The molecule has 0 atom stereocenters. The van der Waals surface area contributed by atoms with Crippen molar-refractivity contribution in [1.82, 2.24) is 15.2 Å². The van der Waals surface area contributed by atoms with Crippen molar-refractivity contribution in [2.45, 2.75) is 33.1 Å². The molecule has 0 N–H and O–H groups in total. The van der Waals surface area contributed by atoms with Gasteiger partial charge in [-0.3, -0.25) is 0 Å². The SMILES string of the molecule is Cc1ccc(C(C)(C)C)cc1-c1nncnc1Cl. The summed E-state index contributed by atoms with van der Waals surface area (Å²) < 4.78 is 0. The highest BCUT2D eigenvalue weighted by Crippen LogP contribution is 2.31. The lowest BCUT2D eigenvalue weighted by Gasteiger charge is -2.20. The van der Waals surface area contributed by atoms with Gasteiger partial charge in [-0.25, -0.2) is 4.98 Å². The summed E-state index contributed by atoms with van der Waals surface area (Å²) in [5.74, 6) is 0. The first-order valence-electron chi connectivity index (χ1n) is 5.84. The molecule has 0 amide bonds. The van der Waals surface area contributed by atoms with Gasteiger partial charge in [-0.05, 0) is 29.5 Å². The quantitative estimate of drug-likeness (QED) is 0.784. The van der Waals surface area contributed by atoms with E-state index in [0.29, 0.717) is 10.8 Å². The highest BCUT2D eigenvalue weighted by molar-refractivity contribution is 6.31. The predicted molar refractivity (Wildman–Crippen MR) is 73.7 cm³/mol.